The van der Waals surface area contributed by atoms with Gasteiger partial charge in [0.05, 0.1) is 17.2 Å². The van der Waals surface area contributed by atoms with E-state index in [1.54, 1.807) is 12.1 Å². The van der Waals surface area contributed by atoms with Crippen molar-refractivity contribution in [2.45, 2.75) is 13.0 Å². The van der Waals surface area contributed by atoms with Gasteiger partial charge in [0, 0.05) is 13.1 Å². The van der Waals surface area contributed by atoms with Crippen molar-refractivity contribution in [1.29, 1.82) is 0 Å². The van der Waals surface area contributed by atoms with Crippen LogP contribution in [0.4, 0.5) is 0 Å². The Balaban J connectivity index is 2.07. The van der Waals surface area contributed by atoms with Gasteiger partial charge in [-0.25, -0.2) is 0 Å². The fourth-order valence-electron chi connectivity index (χ4n) is 3.13. The van der Waals surface area contributed by atoms with Crippen LogP contribution in [0.1, 0.15) is 27.5 Å². The minimum absolute atomic E-state index is 0.161. The molecular formula is C19H18Cl2N2O3. The van der Waals surface area contributed by atoms with E-state index < -0.39 is 11.9 Å². The van der Waals surface area contributed by atoms with Gasteiger partial charge in [-0.3, -0.25) is 9.59 Å². The van der Waals surface area contributed by atoms with Crippen molar-refractivity contribution in [3.05, 3.63) is 63.1 Å². The topological polar surface area (TPSA) is 58.6 Å². The Morgan fingerprint density at radius 3 is 2.65 bits per heavy atom. The van der Waals surface area contributed by atoms with E-state index in [0.29, 0.717) is 13.1 Å². The van der Waals surface area contributed by atoms with Gasteiger partial charge in [0.25, 0.3) is 5.91 Å². The first-order chi connectivity index (χ1) is 12.4. The molecule has 1 aliphatic heterocycles. The lowest BCUT2D eigenvalue weighted by molar-refractivity contribution is -0.128. The van der Waals surface area contributed by atoms with Crippen LogP contribution in [0.15, 0.2) is 36.4 Å². The number of piperazine rings is 1. The summed E-state index contributed by atoms with van der Waals surface area (Å²) in [5.74, 6) is -0.416. The summed E-state index contributed by atoms with van der Waals surface area (Å²) in [5.41, 5.74) is 1.91. The summed E-state index contributed by atoms with van der Waals surface area (Å²) in [5, 5.41) is 3.33. The smallest absolute Gasteiger partial charge is 0.260 e. The predicted octanol–water partition coefficient (Wildman–Crippen LogP) is 3.62. The Morgan fingerprint density at radius 1 is 1.23 bits per heavy atom. The summed E-state index contributed by atoms with van der Waals surface area (Å²) in [6.07, 6.45) is 0. The zero-order valence-corrected chi connectivity index (χ0v) is 15.9. The predicted molar refractivity (Wildman–Crippen MR) is 101 cm³/mol. The number of nitrogens with zero attached hydrogens (tertiary/aromatic N) is 1. The molecule has 0 bridgehead atoms. The number of halogens is 2. The number of benzene rings is 2. The largest absolute Gasteiger partial charge is 0.494 e. The number of aryl methyl sites for hydroxylation is 1. The molecule has 2 aromatic carbocycles. The second-order valence-electron chi connectivity index (χ2n) is 6.04. The molecule has 5 nitrogen and oxygen atoms in total. The molecule has 1 fully saturated rings. The van der Waals surface area contributed by atoms with Crippen LogP contribution in [0.5, 0.6) is 5.75 Å². The maximum Gasteiger partial charge on any atom is 0.260 e. The molecule has 0 radical (unpaired) electrons. The van der Waals surface area contributed by atoms with E-state index in [-0.39, 0.29) is 27.3 Å². The van der Waals surface area contributed by atoms with Gasteiger partial charge in [-0.2, -0.15) is 0 Å². The third-order valence-electron chi connectivity index (χ3n) is 4.31. The quantitative estimate of drug-likeness (QED) is 0.867. The molecule has 1 saturated heterocycles. The summed E-state index contributed by atoms with van der Waals surface area (Å²) in [4.78, 5) is 27.4. The molecule has 0 aromatic heterocycles. The first-order valence-electron chi connectivity index (χ1n) is 8.11. The third kappa shape index (κ3) is 3.37. The molecule has 1 unspecified atom stereocenters. The molecule has 26 heavy (non-hydrogen) atoms. The second-order valence-corrected chi connectivity index (χ2v) is 6.86. The number of carbonyl (C=O) groups excluding carboxylic acids is 2. The summed E-state index contributed by atoms with van der Waals surface area (Å²) < 4.78 is 5.29. The van der Waals surface area contributed by atoms with E-state index in [4.69, 9.17) is 27.9 Å². The highest BCUT2D eigenvalue weighted by atomic mass is 35.5. The Labute approximate surface area is 161 Å². The van der Waals surface area contributed by atoms with Crippen molar-refractivity contribution in [2.24, 2.45) is 0 Å². The molecule has 1 aliphatic rings. The lowest BCUT2D eigenvalue weighted by atomic mass is 9.99. The van der Waals surface area contributed by atoms with Gasteiger partial charge < -0.3 is 15.0 Å². The molecule has 3 rings (SSSR count). The molecule has 0 saturated carbocycles. The highest BCUT2D eigenvalue weighted by Gasteiger charge is 2.37. The molecule has 1 N–H and O–H groups in total. The zero-order valence-electron chi connectivity index (χ0n) is 14.4. The molecule has 2 amide bonds. The Bertz CT molecular complexity index is 870. The van der Waals surface area contributed by atoms with Crippen LogP contribution in [0.2, 0.25) is 10.0 Å². The lowest BCUT2D eigenvalue weighted by Gasteiger charge is -2.36. The standard InChI is InChI=1S/C19H18Cl2N2O3/c1-11-4-3-5-12(10-11)16-18(24)22-8-9-23(16)19(25)15-13(20)6-7-14(21)17(15)26-2/h3-7,10,16H,8-9H2,1-2H3,(H,22,24). The van der Waals surface area contributed by atoms with Crippen molar-refractivity contribution in [3.63, 3.8) is 0 Å². The maximum atomic E-state index is 13.3. The van der Waals surface area contributed by atoms with Crippen molar-refractivity contribution in [1.82, 2.24) is 10.2 Å². The number of ether oxygens (including phenoxy) is 1. The van der Waals surface area contributed by atoms with Crippen molar-refractivity contribution in [2.75, 3.05) is 20.2 Å². The van der Waals surface area contributed by atoms with Gasteiger partial charge in [0.1, 0.15) is 11.6 Å². The Kier molecular flexibility index (Phi) is 5.39. The van der Waals surface area contributed by atoms with E-state index in [1.165, 1.54) is 12.0 Å². The highest BCUT2D eigenvalue weighted by Crippen LogP contribution is 2.36. The van der Waals surface area contributed by atoms with Gasteiger partial charge in [-0.1, -0.05) is 53.0 Å². The zero-order chi connectivity index (χ0) is 18.8. The SMILES string of the molecule is COc1c(Cl)ccc(Cl)c1C(=O)N1CCNC(=O)C1c1cccc(C)c1. The Hall–Kier alpha value is -2.24. The number of amides is 2. The van der Waals surface area contributed by atoms with Gasteiger partial charge in [-0.15, -0.1) is 0 Å². The van der Waals surface area contributed by atoms with Crippen molar-refractivity contribution >= 4 is 35.0 Å². The molecule has 2 aromatic rings. The van der Waals surface area contributed by atoms with Gasteiger partial charge in [0.15, 0.2) is 5.75 Å². The second kappa shape index (κ2) is 7.56. The normalized spacial score (nSPS) is 17.0. The fourth-order valence-corrected chi connectivity index (χ4v) is 3.60. The molecular weight excluding hydrogens is 375 g/mol. The van der Waals surface area contributed by atoms with Crippen LogP contribution in [0.25, 0.3) is 0 Å². The summed E-state index contributed by atoms with van der Waals surface area (Å²) in [6.45, 7) is 2.66. The number of carbonyl (C=O) groups is 2. The van der Waals surface area contributed by atoms with Crippen LogP contribution in [-0.2, 0) is 4.79 Å². The van der Waals surface area contributed by atoms with Crippen LogP contribution in [0.3, 0.4) is 0 Å². The minimum Gasteiger partial charge on any atom is -0.494 e. The van der Waals surface area contributed by atoms with E-state index in [2.05, 4.69) is 5.32 Å². The van der Waals surface area contributed by atoms with Crippen LogP contribution in [-0.4, -0.2) is 36.9 Å². The van der Waals surface area contributed by atoms with E-state index >= 15 is 0 Å². The lowest BCUT2D eigenvalue weighted by Crippen LogP contribution is -2.52. The average Bonchev–Trinajstić information content (AvgIpc) is 2.62. The monoisotopic (exact) mass is 392 g/mol. The minimum atomic E-state index is -0.740. The van der Waals surface area contributed by atoms with Crippen LogP contribution in [0, 0.1) is 6.92 Å². The molecule has 136 valence electrons. The van der Waals surface area contributed by atoms with E-state index in [0.717, 1.165) is 11.1 Å². The van der Waals surface area contributed by atoms with Gasteiger partial charge >= 0.3 is 0 Å². The molecule has 7 heteroatoms. The van der Waals surface area contributed by atoms with Gasteiger partial charge in [-0.05, 0) is 24.6 Å². The van der Waals surface area contributed by atoms with E-state index in [1.807, 2.05) is 31.2 Å². The number of rotatable bonds is 3. The van der Waals surface area contributed by atoms with Crippen molar-refractivity contribution in [3.8, 4) is 5.75 Å². The third-order valence-corrected chi connectivity index (χ3v) is 4.92. The van der Waals surface area contributed by atoms with Gasteiger partial charge in [0.2, 0.25) is 5.91 Å². The molecule has 0 spiro atoms. The summed E-state index contributed by atoms with van der Waals surface area (Å²) in [6, 6.07) is 9.91. The number of methoxy groups -OCH3 is 1. The van der Waals surface area contributed by atoms with Crippen LogP contribution < -0.4 is 10.1 Å². The molecule has 1 heterocycles. The molecule has 0 aliphatic carbocycles. The maximum absolute atomic E-state index is 13.3. The summed E-state index contributed by atoms with van der Waals surface area (Å²) >= 11 is 12.4. The van der Waals surface area contributed by atoms with E-state index in [9.17, 15) is 9.59 Å². The first-order valence-corrected chi connectivity index (χ1v) is 8.87. The number of nitrogens with one attached hydrogen (secondary N) is 1. The highest BCUT2D eigenvalue weighted by molar-refractivity contribution is 6.37. The number of hydrogen-bond acceptors (Lipinski definition) is 3. The first kappa shape index (κ1) is 18.5. The average molecular weight is 393 g/mol. The van der Waals surface area contributed by atoms with Crippen LogP contribution >= 0.6 is 23.2 Å². The molecule has 1 atom stereocenters. The summed E-state index contributed by atoms with van der Waals surface area (Å²) in [7, 11) is 1.43. The fraction of sp³-hybridized carbons (Fsp3) is 0.263. The Morgan fingerprint density at radius 2 is 1.96 bits per heavy atom. The number of hydrogen-bond donors (Lipinski definition) is 1. The van der Waals surface area contributed by atoms with Crippen molar-refractivity contribution < 1.29 is 14.3 Å².